The fourth-order valence-corrected chi connectivity index (χ4v) is 3.53. The molecule has 136 valence electrons. The van der Waals surface area contributed by atoms with Gasteiger partial charge < -0.3 is 10.2 Å². The van der Waals surface area contributed by atoms with Crippen molar-refractivity contribution in [2.75, 3.05) is 0 Å². The fourth-order valence-electron chi connectivity index (χ4n) is 3.53. The topological polar surface area (TPSA) is 40.5 Å². The summed E-state index contributed by atoms with van der Waals surface area (Å²) in [4.78, 5) is 0. The van der Waals surface area contributed by atoms with Gasteiger partial charge in [-0.15, -0.1) is 0 Å². The minimum absolute atomic E-state index is 0.0440. The number of rotatable bonds is 11. The lowest BCUT2D eigenvalue weighted by molar-refractivity contribution is 0.447. The monoisotopic (exact) mass is 340 g/mol. The fraction of sp³-hybridized carbons (Fsp3) is 0.478. The number of phenolic OH excluding ortho intramolecular Hbond substituents is 2. The molecule has 2 nitrogen and oxygen atoms in total. The molecule has 0 spiro atoms. The first kappa shape index (κ1) is 19.4. The second kappa shape index (κ2) is 10.8. The summed E-state index contributed by atoms with van der Waals surface area (Å²) in [6, 6.07) is 15.0. The van der Waals surface area contributed by atoms with Crippen molar-refractivity contribution in [3.63, 3.8) is 0 Å². The normalized spacial score (nSPS) is 11.1. The van der Waals surface area contributed by atoms with E-state index in [1.807, 2.05) is 36.4 Å². The van der Waals surface area contributed by atoms with Gasteiger partial charge >= 0.3 is 0 Å². The second-order valence-electron chi connectivity index (χ2n) is 6.93. The molecular formula is C23H32O2. The van der Waals surface area contributed by atoms with Gasteiger partial charge in [0.05, 0.1) is 0 Å². The molecule has 0 aliphatic rings. The van der Waals surface area contributed by atoms with Crippen LogP contribution in [0.5, 0.6) is 11.5 Å². The summed E-state index contributed by atoms with van der Waals surface area (Å²) in [7, 11) is 0. The number of unbranched alkanes of at least 4 members (excludes halogenated alkanes) is 7. The molecule has 2 aromatic carbocycles. The Kier molecular flexibility index (Phi) is 8.38. The van der Waals surface area contributed by atoms with Crippen LogP contribution in [0, 0.1) is 0 Å². The third kappa shape index (κ3) is 6.12. The van der Waals surface area contributed by atoms with E-state index < -0.39 is 0 Å². The van der Waals surface area contributed by atoms with E-state index in [0.29, 0.717) is 11.5 Å². The third-order valence-electron chi connectivity index (χ3n) is 4.97. The molecule has 0 bridgehead atoms. The maximum atomic E-state index is 10.3. The summed E-state index contributed by atoms with van der Waals surface area (Å²) in [5, 5.41) is 20.5. The molecule has 25 heavy (non-hydrogen) atoms. The quantitative estimate of drug-likeness (QED) is 0.444. The van der Waals surface area contributed by atoms with E-state index in [-0.39, 0.29) is 5.92 Å². The van der Waals surface area contributed by atoms with E-state index in [1.54, 1.807) is 12.1 Å². The van der Waals surface area contributed by atoms with Gasteiger partial charge in [0.25, 0.3) is 0 Å². The van der Waals surface area contributed by atoms with Crippen LogP contribution in [0.15, 0.2) is 48.5 Å². The molecule has 0 aliphatic carbocycles. The molecule has 0 saturated carbocycles. The second-order valence-corrected chi connectivity index (χ2v) is 6.93. The van der Waals surface area contributed by atoms with Crippen molar-refractivity contribution < 1.29 is 10.2 Å². The number of para-hydroxylation sites is 2. The summed E-state index contributed by atoms with van der Waals surface area (Å²) >= 11 is 0. The minimum Gasteiger partial charge on any atom is -0.508 e. The molecular weight excluding hydrogens is 308 g/mol. The Balaban J connectivity index is 1.95. The van der Waals surface area contributed by atoms with Crippen LogP contribution in [0.4, 0.5) is 0 Å². The first-order valence-corrected chi connectivity index (χ1v) is 9.79. The summed E-state index contributed by atoms with van der Waals surface area (Å²) < 4.78 is 0. The molecule has 0 fully saturated rings. The summed E-state index contributed by atoms with van der Waals surface area (Å²) in [6.07, 6.45) is 11.2. The predicted octanol–water partition coefficient (Wildman–Crippen LogP) is 6.76. The Bertz CT molecular complexity index is 575. The molecule has 0 unspecified atom stereocenters. The lowest BCUT2D eigenvalue weighted by Gasteiger charge is -2.20. The molecule has 0 saturated heterocycles. The molecule has 0 aromatic heterocycles. The van der Waals surface area contributed by atoms with Crippen molar-refractivity contribution >= 4 is 0 Å². The van der Waals surface area contributed by atoms with Crippen LogP contribution < -0.4 is 0 Å². The zero-order valence-corrected chi connectivity index (χ0v) is 15.5. The van der Waals surface area contributed by atoms with Gasteiger partial charge in [0.15, 0.2) is 0 Å². The van der Waals surface area contributed by atoms with Gasteiger partial charge in [-0.25, -0.2) is 0 Å². The Morgan fingerprint density at radius 2 is 1.08 bits per heavy atom. The number of aromatic hydroxyl groups is 2. The van der Waals surface area contributed by atoms with E-state index in [0.717, 1.165) is 24.0 Å². The molecule has 0 radical (unpaired) electrons. The molecule has 0 aliphatic heterocycles. The van der Waals surface area contributed by atoms with Gasteiger partial charge in [0.1, 0.15) is 11.5 Å². The van der Waals surface area contributed by atoms with Gasteiger partial charge in [0, 0.05) is 17.0 Å². The Morgan fingerprint density at radius 1 is 0.640 bits per heavy atom. The largest absolute Gasteiger partial charge is 0.508 e. The standard InChI is InChI=1S/C23H32O2/c1-2-3-4-5-6-7-8-9-14-19(20-15-10-12-17-22(20)24)21-16-11-13-18-23(21)25/h10-13,15-19,24-25H,2-9,14H2,1H3. The van der Waals surface area contributed by atoms with E-state index >= 15 is 0 Å². The number of benzene rings is 2. The van der Waals surface area contributed by atoms with Crippen LogP contribution in [-0.2, 0) is 0 Å². The highest BCUT2D eigenvalue weighted by molar-refractivity contribution is 5.45. The molecule has 0 amide bonds. The third-order valence-corrected chi connectivity index (χ3v) is 4.97. The smallest absolute Gasteiger partial charge is 0.119 e. The van der Waals surface area contributed by atoms with Gasteiger partial charge in [-0.05, 0) is 18.6 Å². The van der Waals surface area contributed by atoms with Crippen molar-refractivity contribution in [1.29, 1.82) is 0 Å². The zero-order valence-electron chi connectivity index (χ0n) is 15.5. The van der Waals surface area contributed by atoms with Gasteiger partial charge in [0.2, 0.25) is 0 Å². The lowest BCUT2D eigenvalue weighted by atomic mass is 9.85. The number of phenols is 2. The predicted molar refractivity (Wildman–Crippen MR) is 105 cm³/mol. The van der Waals surface area contributed by atoms with Crippen LogP contribution >= 0.6 is 0 Å². The molecule has 2 rings (SSSR count). The van der Waals surface area contributed by atoms with Crippen molar-refractivity contribution in [3.8, 4) is 11.5 Å². The van der Waals surface area contributed by atoms with Crippen LogP contribution in [0.3, 0.4) is 0 Å². The number of hydrogen-bond donors (Lipinski definition) is 2. The van der Waals surface area contributed by atoms with E-state index in [1.165, 1.54) is 44.9 Å². The first-order valence-electron chi connectivity index (χ1n) is 9.79. The SMILES string of the molecule is CCCCCCCCCCC(c1ccccc1O)c1ccccc1O. The van der Waals surface area contributed by atoms with Crippen LogP contribution in [-0.4, -0.2) is 10.2 Å². The van der Waals surface area contributed by atoms with Crippen LogP contribution in [0.1, 0.15) is 81.8 Å². The van der Waals surface area contributed by atoms with Crippen molar-refractivity contribution in [2.24, 2.45) is 0 Å². The van der Waals surface area contributed by atoms with E-state index in [4.69, 9.17) is 0 Å². The molecule has 2 heteroatoms. The van der Waals surface area contributed by atoms with Crippen molar-refractivity contribution in [3.05, 3.63) is 59.7 Å². The zero-order chi connectivity index (χ0) is 17.9. The average Bonchev–Trinajstić information content (AvgIpc) is 2.62. The Labute approximate surface area is 152 Å². The van der Waals surface area contributed by atoms with Gasteiger partial charge in [-0.2, -0.15) is 0 Å². The van der Waals surface area contributed by atoms with Crippen LogP contribution in [0.2, 0.25) is 0 Å². The summed E-state index contributed by atoms with van der Waals surface area (Å²) in [6.45, 7) is 2.25. The molecule has 2 aromatic rings. The van der Waals surface area contributed by atoms with Crippen LogP contribution in [0.25, 0.3) is 0 Å². The minimum atomic E-state index is 0.0440. The van der Waals surface area contributed by atoms with Gasteiger partial charge in [-0.1, -0.05) is 94.7 Å². The number of hydrogen-bond acceptors (Lipinski definition) is 2. The molecule has 0 atom stereocenters. The highest BCUT2D eigenvalue weighted by Crippen LogP contribution is 2.38. The molecule has 2 N–H and O–H groups in total. The summed E-state index contributed by atoms with van der Waals surface area (Å²) in [5.41, 5.74) is 1.82. The summed E-state index contributed by atoms with van der Waals surface area (Å²) in [5.74, 6) is 0.674. The highest BCUT2D eigenvalue weighted by atomic mass is 16.3. The Hall–Kier alpha value is -1.96. The Morgan fingerprint density at radius 3 is 1.56 bits per heavy atom. The first-order chi connectivity index (χ1) is 12.2. The van der Waals surface area contributed by atoms with Gasteiger partial charge in [-0.3, -0.25) is 0 Å². The highest BCUT2D eigenvalue weighted by Gasteiger charge is 2.19. The lowest BCUT2D eigenvalue weighted by Crippen LogP contribution is -2.02. The van der Waals surface area contributed by atoms with Crippen molar-refractivity contribution in [2.45, 2.75) is 70.6 Å². The average molecular weight is 341 g/mol. The van der Waals surface area contributed by atoms with E-state index in [2.05, 4.69) is 6.92 Å². The molecule has 0 heterocycles. The van der Waals surface area contributed by atoms with E-state index in [9.17, 15) is 10.2 Å². The maximum Gasteiger partial charge on any atom is 0.119 e. The maximum absolute atomic E-state index is 10.3. The van der Waals surface area contributed by atoms with Crippen molar-refractivity contribution in [1.82, 2.24) is 0 Å².